The Hall–Kier alpha value is -3.88. The molecule has 1 saturated heterocycles. The lowest BCUT2D eigenvalue weighted by Gasteiger charge is -2.36. The first-order valence-corrected chi connectivity index (χ1v) is 14.6. The predicted molar refractivity (Wildman–Crippen MR) is 173 cm³/mol. The summed E-state index contributed by atoms with van der Waals surface area (Å²) in [6.45, 7) is 8.88. The molecule has 2 aromatic heterocycles. The number of piperidine rings is 1. The monoisotopic (exact) mass is 571 g/mol. The number of nitrogens with zero attached hydrogens (tertiary/aromatic N) is 3. The summed E-state index contributed by atoms with van der Waals surface area (Å²) in [5.41, 5.74) is 8.35. The molecular formula is C34H45N5O3. The number of aromatic carboxylic acids is 1. The molecule has 0 spiro atoms. The number of anilines is 2. The van der Waals surface area contributed by atoms with E-state index in [4.69, 9.17) is 9.72 Å². The molecule has 1 fully saturated rings. The summed E-state index contributed by atoms with van der Waals surface area (Å²) in [6, 6.07) is 18.6. The lowest BCUT2D eigenvalue weighted by molar-refractivity contribution is 0.0697. The summed E-state index contributed by atoms with van der Waals surface area (Å²) in [5, 5.41) is 17.3. The van der Waals surface area contributed by atoms with E-state index in [1.165, 1.54) is 16.8 Å². The highest BCUT2D eigenvalue weighted by Gasteiger charge is 2.27. The highest BCUT2D eigenvalue weighted by molar-refractivity contribution is 5.95. The van der Waals surface area contributed by atoms with Gasteiger partial charge in [0.25, 0.3) is 0 Å². The third-order valence-corrected chi connectivity index (χ3v) is 8.42. The van der Waals surface area contributed by atoms with E-state index in [1.807, 2.05) is 32.2 Å². The largest absolute Gasteiger partial charge is 0.478 e. The van der Waals surface area contributed by atoms with Gasteiger partial charge in [-0.05, 0) is 91.9 Å². The fraction of sp³-hybridized carbons (Fsp3) is 0.412. The maximum Gasteiger partial charge on any atom is 0.335 e. The molecule has 8 heteroatoms. The van der Waals surface area contributed by atoms with Crippen molar-refractivity contribution in [3.8, 4) is 11.1 Å². The van der Waals surface area contributed by atoms with Gasteiger partial charge in [-0.15, -0.1) is 0 Å². The van der Waals surface area contributed by atoms with Crippen LogP contribution in [0.15, 0.2) is 60.8 Å². The van der Waals surface area contributed by atoms with Crippen molar-refractivity contribution in [2.24, 2.45) is 7.05 Å². The third kappa shape index (κ3) is 6.01. The minimum absolute atomic E-state index is 0. The van der Waals surface area contributed by atoms with Gasteiger partial charge in [0.15, 0.2) is 0 Å². The summed E-state index contributed by atoms with van der Waals surface area (Å²) in [7, 11) is 3.83. The molecule has 2 aliphatic rings. The number of carbonyl (C=O) groups is 1. The van der Waals surface area contributed by atoms with Crippen LogP contribution in [-0.4, -0.2) is 58.5 Å². The molecule has 8 nitrogen and oxygen atoms in total. The van der Waals surface area contributed by atoms with E-state index >= 15 is 0 Å². The summed E-state index contributed by atoms with van der Waals surface area (Å²) in [6.07, 6.45) is 4.10. The van der Waals surface area contributed by atoms with Crippen LogP contribution in [0.25, 0.3) is 22.2 Å². The van der Waals surface area contributed by atoms with E-state index in [1.54, 1.807) is 19.2 Å². The average molecular weight is 572 g/mol. The number of fused-ring (bicyclic) bond motifs is 2. The number of rotatable bonds is 7. The molecule has 4 heterocycles. The molecule has 0 aliphatic carbocycles. The second kappa shape index (κ2) is 13.4. The quantitative estimate of drug-likeness (QED) is 0.214. The van der Waals surface area contributed by atoms with Crippen molar-refractivity contribution >= 4 is 28.4 Å². The minimum Gasteiger partial charge on any atom is -0.478 e. The number of aromatic nitrogens is 2. The van der Waals surface area contributed by atoms with Gasteiger partial charge in [-0.25, -0.2) is 9.78 Å². The van der Waals surface area contributed by atoms with Crippen molar-refractivity contribution in [3.05, 3.63) is 77.6 Å². The number of aryl methyl sites for hydroxylation is 1. The zero-order chi connectivity index (χ0) is 29.1. The Morgan fingerprint density at radius 3 is 2.40 bits per heavy atom. The third-order valence-electron chi connectivity index (χ3n) is 8.42. The lowest BCUT2D eigenvalue weighted by Crippen LogP contribution is -2.35. The maximum atomic E-state index is 11.2. The van der Waals surface area contributed by atoms with Crippen LogP contribution in [0.1, 0.15) is 74.6 Å². The number of methoxy groups -OCH3 is 1. The number of benzene rings is 2. The zero-order valence-electron chi connectivity index (χ0n) is 24.6. The fourth-order valence-electron chi connectivity index (χ4n) is 6.21. The predicted octanol–water partition coefficient (Wildman–Crippen LogP) is 7.35. The Bertz CT molecular complexity index is 1510. The molecule has 42 heavy (non-hydrogen) atoms. The molecule has 0 bridgehead atoms. The molecule has 0 radical (unpaired) electrons. The van der Waals surface area contributed by atoms with E-state index in [2.05, 4.69) is 64.4 Å². The number of hydrogen-bond acceptors (Lipinski definition) is 6. The van der Waals surface area contributed by atoms with Crippen LogP contribution in [0, 0.1) is 0 Å². The van der Waals surface area contributed by atoms with Gasteiger partial charge in [-0.1, -0.05) is 39.5 Å². The van der Waals surface area contributed by atoms with Gasteiger partial charge in [0.1, 0.15) is 11.8 Å². The number of likely N-dealkylation sites (tertiary alicyclic amines) is 1. The standard InChI is InChI=1S/C31H35N5O3.C2H6.CH4/c1-19(36-14-11-21(12-15-36)20-4-6-22(7-5-20)31(37)38)28-17-25-24(10-13-32-30(25)35(28)2)23-8-9-26-27(16-23)34-29(33-26)18-39-3;1-2;/h4-10,13,16-17,19,21,29,33-34H,11-12,14-15,18H2,1-3H3,(H,37,38);1-2H3;1H4. The second-order valence-electron chi connectivity index (χ2n) is 10.7. The van der Waals surface area contributed by atoms with E-state index in [-0.39, 0.29) is 19.6 Å². The van der Waals surface area contributed by atoms with Gasteiger partial charge < -0.3 is 25.0 Å². The Morgan fingerprint density at radius 1 is 1.05 bits per heavy atom. The summed E-state index contributed by atoms with van der Waals surface area (Å²) in [5.74, 6) is -0.415. The zero-order valence-corrected chi connectivity index (χ0v) is 24.6. The molecule has 224 valence electrons. The first-order valence-electron chi connectivity index (χ1n) is 14.6. The molecule has 0 amide bonds. The highest BCUT2D eigenvalue weighted by Crippen LogP contribution is 2.38. The van der Waals surface area contributed by atoms with E-state index in [0.29, 0.717) is 18.1 Å². The Labute approximate surface area is 249 Å². The van der Waals surface area contributed by atoms with Gasteiger partial charge in [-0.2, -0.15) is 0 Å². The number of pyridine rings is 1. The van der Waals surface area contributed by atoms with Crippen LogP contribution in [0.3, 0.4) is 0 Å². The van der Waals surface area contributed by atoms with Crippen molar-refractivity contribution < 1.29 is 14.6 Å². The van der Waals surface area contributed by atoms with Gasteiger partial charge in [0, 0.05) is 37.5 Å². The smallest absolute Gasteiger partial charge is 0.335 e. The molecular weight excluding hydrogens is 526 g/mol. The summed E-state index contributed by atoms with van der Waals surface area (Å²) < 4.78 is 7.54. The van der Waals surface area contributed by atoms with E-state index in [9.17, 15) is 9.90 Å². The number of nitrogens with one attached hydrogen (secondary N) is 2. The topological polar surface area (TPSA) is 91.7 Å². The molecule has 2 unspecified atom stereocenters. The number of carboxylic acid groups (broad SMARTS) is 1. The van der Waals surface area contributed by atoms with Crippen LogP contribution in [0.2, 0.25) is 0 Å². The minimum atomic E-state index is -0.877. The van der Waals surface area contributed by atoms with Crippen LogP contribution in [0.4, 0.5) is 11.4 Å². The van der Waals surface area contributed by atoms with Crippen LogP contribution in [0.5, 0.6) is 0 Å². The average Bonchev–Trinajstić information content (AvgIpc) is 3.57. The van der Waals surface area contributed by atoms with Crippen molar-refractivity contribution in [1.29, 1.82) is 0 Å². The van der Waals surface area contributed by atoms with Crippen molar-refractivity contribution in [3.63, 3.8) is 0 Å². The second-order valence-corrected chi connectivity index (χ2v) is 10.7. The van der Waals surface area contributed by atoms with Crippen LogP contribution < -0.4 is 10.6 Å². The highest BCUT2D eigenvalue weighted by atomic mass is 16.5. The summed E-state index contributed by atoms with van der Waals surface area (Å²) in [4.78, 5) is 18.5. The molecule has 6 rings (SSSR count). The molecule has 2 atom stereocenters. The van der Waals surface area contributed by atoms with Crippen LogP contribution >= 0.6 is 0 Å². The summed E-state index contributed by atoms with van der Waals surface area (Å²) >= 11 is 0. The van der Waals surface area contributed by atoms with Crippen LogP contribution in [-0.2, 0) is 11.8 Å². The number of hydrogen-bond donors (Lipinski definition) is 3. The molecule has 0 saturated carbocycles. The molecule has 2 aliphatic heterocycles. The molecule has 2 aromatic carbocycles. The maximum absolute atomic E-state index is 11.2. The van der Waals surface area contributed by atoms with E-state index < -0.39 is 5.97 Å². The number of carboxylic acids is 1. The SMILES string of the molecule is C.CC.COCC1Nc2ccc(-c3ccnc4c3cc(C(C)N3CCC(c5ccc(C(=O)O)cc5)CC3)n4C)cc2N1. The van der Waals surface area contributed by atoms with E-state index in [0.717, 1.165) is 53.9 Å². The lowest BCUT2D eigenvalue weighted by atomic mass is 9.88. The Morgan fingerprint density at radius 2 is 1.74 bits per heavy atom. The normalized spacial score (nSPS) is 17.3. The van der Waals surface area contributed by atoms with Gasteiger partial charge in [-0.3, -0.25) is 4.90 Å². The van der Waals surface area contributed by atoms with Crippen molar-refractivity contribution in [2.75, 3.05) is 37.4 Å². The Kier molecular flexibility index (Phi) is 9.91. The number of ether oxygens (including phenoxy) is 1. The molecule has 3 N–H and O–H groups in total. The molecule has 4 aromatic rings. The Balaban J connectivity index is 0.00000132. The first-order chi connectivity index (χ1) is 19.9. The van der Waals surface area contributed by atoms with Gasteiger partial charge in [0.05, 0.1) is 23.5 Å². The van der Waals surface area contributed by atoms with Gasteiger partial charge in [0.2, 0.25) is 0 Å². The first kappa shape index (κ1) is 31.1. The fourth-order valence-corrected chi connectivity index (χ4v) is 6.21. The van der Waals surface area contributed by atoms with Gasteiger partial charge >= 0.3 is 5.97 Å². The van der Waals surface area contributed by atoms with Crippen molar-refractivity contribution in [1.82, 2.24) is 14.5 Å². The van der Waals surface area contributed by atoms with Crippen molar-refractivity contribution in [2.45, 2.75) is 59.2 Å².